The fraction of sp³-hybridized carbons (Fsp3) is 0.211. The number of hydrogen-bond acceptors (Lipinski definition) is 5. The second-order valence-corrected chi connectivity index (χ2v) is 5.24. The first kappa shape index (κ1) is 18.2. The summed E-state index contributed by atoms with van der Waals surface area (Å²) in [5.41, 5.74) is 1.07. The Morgan fingerprint density at radius 2 is 1.40 bits per heavy atom. The van der Waals surface area contributed by atoms with Gasteiger partial charge in [-0.25, -0.2) is 4.79 Å². The van der Waals surface area contributed by atoms with Crippen LogP contribution in [-0.4, -0.2) is 36.6 Å². The molecule has 25 heavy (non-hydrogen) atoms. The van der Waals surface area contributed by atoms with Gasteiger partial charge in [0.2, 0.25) is 6.04 Å². The zero-order valence-corrected chi connectivity index (χ0v) is 14.0. The molecule has 0 heterocycles. The summed E-state index contributed by atoms with van der Waals surface area (Å²) in [5.74, 6) is -1.56. The maximum atomic E-state index is 13.1. The third kappa shape index (κ3) is 4.44. The van der Waals surface area contributed by atoms with Crippen molar-refractivity contribution in [3.8, 4) is 0 Å². The zero-order valence-electron chi connectivity index (χ0n) is 14.0. The fourth-order valence-corrected chi connectivity index (χ4v) is 2.46. The van der Waals surface area contributed by atoms with E-state index in [2.05, 4.69) is 9.47 Å². The van der Waals surface area contributed by atoms with E-state index >= 15 is 0 Å². The largest absolute Gasteiger partial charge is 0.623 e. The van der Waals surface area contributed by atoms with E-state index in [1.165, 1.54) is 7.11 Å². The molecule has 6 heteroatoms. The van der Waals surface area contributed by atoms with E-state index in [1.54, 1.807) is 48.5 Å². The van der Waals surface area contributed by atoms with Crippen LogP contribution in [0.3, 0.4) is 0 Å². The monoisotopic (exact) mass is 341 g/mol. The lowest BCUT2D eigenvalue weighted by Gasteiger charge is -2.20. The number of rotatable bonds is 6. The predicted octanol–water partition coefficient (Wildman–Crippen LogP) is 2.46. The van der Waals surface area contributed by atoms with Gasteiger partial charge in [-0.3, -0.25) is 4.79 Å². The Morgan fingerprint density at radius 3 is 1.80 bits per heavy atom. The molecule has 0 aliphatic heterocycles. The predicted molar refractivity (Wildman–Crippen MR) is 92.0 cm³/mol. The molecule has 0 amide bonds. The molecular weight excluding hydrogens is 322 g/mol. The summed E-state index contributed by atoms with van der Waals surface area (Å²) in [5, 5.41) is 13.1. The highest BCUT2D eigenvalue weighted by Gasteiger charge is 2.31. The molecule has 0 saturated carbocycles. The van der Waals surface area contributed by atoms with Crippen molar-refractivity contribution in [3.63, 3.8) is 0 Å². The van der Waals surface area contributed by atoms with Crippen molar-refractivity contribution < 1.29 is 23.8 Å². The van der Waals surface area contributed by atoms with E-state index in [1.807, 2.05) is 12.1 Å². The van der Waals surface area contributed by atoms with Crippen molar-refractivity contribution in [2.45, 2.75) is 12.5 Å². The van der Waals surface area contributed by atoms with Gasteiger partial charge in [0.15, 0.2) is 0 Å². The van der Waals surface area contributed by atoms with Crippen LogP contribution in [0.25, 0.3) is 0 Å². The summed E-state index contributed by atoms with van der Waals surface area (Å²) in [4.78, 5) is 23.7. The van der Waals surface area contributed by atoms with Gasteiger partial charge in [0.05, 0.1) is 14.2 Å². The van der Waals surface area contributed by atoms with Crippen LogP contribution in [0.1, 0.15) is 23.6 Å². The van der Waals surface area contributed by atoms with Crippen molar-refractivity contribution >= 4 is 17.7 Å². The van der Waals surface area contributed by atoms with Crippen molar-refractivity contribution in [1.82, 2.24) is 0 Å². The van der Waals surface area contributed by atoms with Gasteiger partial charge in [0, 0.05) is 11.1 Å². The van der Waals surface area contributed by atoms with Gasteiger partial charge in [-0.05, 0) is 0 Å². The first-order valence-electron chi connectivity index (χ1n) is 7.65. The smallest absolute Gasteiger partial charge is 0.400 e. The van der Waals surface area contributed by atoms with Crippen LogP contribution in [-0.2, 0) is 19.1 Å². The van der Waals surface area contributed by atoms with Crippen LogP contribution in [0, 0.1) is 5.21 Å². The second kappa shape index (κ2) is 8.63. The molecule has 0 fully saturated rings. The summed E-state index contributed by atoms with van der Waals surface area (Å²) in [7, 11) is 2.35. The highest BCUT2D eigenvalue weighted by atomic mass is 16.5. The fourth-order valence-electron chi connectivity index (χ4n) is 2.46. The average Bonchev–Trinajstić information content (AvgIpc) is 2.67. The van der Waals surface area contributed by atoms with E-state index in [-0.39, 0.29) is 5.71 Å². The summed E-state index contributed by atoms with van der Waals surface area (Å²) in [6, 6.07) is 17.2. The third-order valence-electron chi connectivity index (χ3n) is 3.69. The summed E-state index contributed by atoms with van der Waals surface area (Å²) < 4.78 is 9.78. The third-order valence-corrected chi connectivity index (χ3v) is 3.69. The maximum Gasteiger partial charge on any atom is 0.400 e. The number of ether oxygens (including phenoxy) is 2. The number of hydrogen-bond donors (Lipinski definition) is 0. The molecule has 0 saturated heterocycles. The molecule has 0 N–H and O–H groups in total. The van der Waals surface area contributed by atoms with Crippen molar-refractivity contribution in [2.24, 2.45) is 0 Å². The topological polar surface area (TPSA) is 78.7 Å². The number of carbonyl (C=O) groups excluding carboxylic acids is 2. The van der Waals surface area contributed by atoms with Crippen molar-refractivity contribution in [2.75, 3.05) is 14.2 Å². The molecule has 0 unspecified atom stereocenters. The average molecular weight is 341 g/mol. The van der Waals surface area contributed by atoms with Crippen LogP contribution < -0.4 is 0 Å². The molecule has 0 radical (unpaired) electrons. The first-order valence-corrected chi connectivity index (χ1v) is 7.65. The normalized spacial score (nSPS) is 11.6. The van der Waals surface area contributed by atoms with Crippen LogP contribution in [0.2, 0.25) is 0 Å². The summed E-state index contributed by atoms with van der Waals surface area (Å²) in [6.45, 7) is 0. The Bertz CT molecular complexity index is 716. The Balaban J connectivity index is 2.60. The minimum Gasteiger partial charge on any atom is -0.623 e. The van der Waals surface area contributed by atoms with Crippen LogP contribution in [0.4, 0.5) is 0 Å². The van der Waals surface area contributed by atoms with Crippen molar-refractivity contribution in [3.05, 3.63) is 77.0 Å². The number of esters is 2. The van der Waals surface area contributed by atoms with Crippen LogP contribution in [0.15, 0.2) is 60.7 Å². The van der Waals surface area contributed by atoms with E-state index in [0.29, 0.717) is 15.9 Å². The zero-order chi connectivity index (χ0) is 18.2. The van der Waals surface area contributed by atoms with E-state index in [9.17, 15) is 14.8 Å². The molecule has 0 aromatic heterocycles. The van der Waals surface area contributed by atoms with Gasteiger partial charge in [-0.2, -0.15) is 4.74 Å². The molecule has 2 aromatic rings. The van der Waals surface area contributed by atoms with Gasteiger partial charge in [-0.1, -0.05) is 60.7 Å². The van der Waals surface area contributed by atoms with Gasteiger partial charge < -0.3 is 14.7 Å². The molecule has 0 aliphatic rings. The second-order valence-electron chi connectivity index (χ2n) is 5.24. The molecule has 2 aromatic carbocycles. The first-order chi connectivity index (χ1) is 12.1. The van der Waals surface area contributed by atoms with Gasteiger partial charge in [-0.15, -0.1) is 0 Å². The minimum absolute atomic E-state index is 0.313. The van der Waals surface area contributed by atoms with Gasteiger partial charge in [0.25, 0.3) is 5.71 Å². The van der Waals surface area contributed by atoms with Crippen molar-refractivity contribution in [1.29, 1.82) is 0 Å². The lowest BCUT2D eigenvalue weighted by Crippen LogP contribution is -2.31. The Morgan fingerprint density at radius 1 is 0.920 bits per heavy atom. The Kier molecular flexibility index (Phi) is 6.28. The lowest BCUT2D eigenvalue weighted by molar-refractivity contribution is -0.496. The number of benzene rings is 2. The standard InChI is InChI=1S/C19H19NO5/c1-24-17(21)13-16(19(22)25-2)20(23)18(14-9-5-3-6-10-14)15-11-7-4-8-12-15/h3-12,18H,13H2,1-2H3/b20-16+. The number of hydroxylamine groups is 1. The molecule has 0 atom stereocenters. The summed E-state index contributed by atoms with van der Waals surface area (Å²) in [6.07, 6.45) is -0.469. The molecular formula is C19H19NO5. The summed E-state index contributed by atoms with van der Waals surface area (Å²) >= 11 is 0. The van der Waals surface area contributed by atoms with E-state index < -0.39 is 24.4 Å². The van der Waals surface area contributed by atoms with Gasteiger partial charge >= 0.3 is 11.9 Å². The molecule has 0 spiro atoms. The number of nitrogens with zero attached hydrogens (tertiary/aromatic N) is 1. The van der Waals surface area contributed by atoms with Gasteiger partial charge in [0.1, 0.15) is 6.42 Å². The quantitative estimate of drug-likeness (QED) is 0.265. The highest BCUT2D eigenvalue weighted by molar-refractivity contribution is 6.37. The molecule has 6 nitrogen and oxygen atoms in total. The lowest BCUT2D eigenvalue weighted by atomic mass is 9.98. The SMILES string of the molecule is COC(=O)C/C(C(=O)OC)=[N+](\[O-])C(c1ccccc1)c1ccccc1. The minimum atomic E-state index is -0.864. The Labute approximate surface area is 145 Å². The maximum absolute atomic E-state index is 13.1. The van der Waals surface area contributed by atoms with Crippen LogP contribution >= 0.6 is 0 Å². The van der Waals surface area contributed by atoms with E-state index in [0.717, 1.165) is 7.11 Å². The molecule has 130 valence electrons. The molecule has 0 aliphatic carbocycles. The molecule has 0 bridgehead atoms. The van der Waals surface area contributed by atoms with Crippen LogP contribution in [0.5, 0.6) is 0 Å². The highest BCUT2D eigenvalue weighted by Crippen LogP contribution is 2.26. The Hall–Kier alpha value is -3.15. The number of carbonyl (C=O) groups is 2. The van der Waals surface area contributed by atoms with E-state index in [4.69, 9.17) is 0 Å². The molecule has 2 rings (SSSR count). The number of methoxy groups -OCH3 is 2.